The summed E-state index contributed by atoms with van der Waals surface area (Å²) in [6.45, 7) is 0. The highest BCUT2D eigenvalue weighted by Gasteiger charge is 2.25. The Bertz CT molecular complexity index is 520. The van der Waals surface area contributed by atoms with Crippen LogP contribution in [0.5, 0.6) is 0 Å². The first-order valence-electron chi connectivity index (χ1n) is 4.05. The van der Waals surface area contributed by atoms with Crippen LogP contribution < -0.4 is 5.32 Å². The van der Waals surface area contributed by atoms with Crippen molar-refractivity contribution in [3.05, 3.63) is 32.0 Å². The lowest BCUT2D eigenvalue weighted by molar-refractivity contribution is -0.380. The minimum atomic E-state index is -0.500. The van der Waals surface area contributed by atoms with Gasteiger partial charge in [-0.15, -0.1) is 0 Å². The second-order valence-corrected chi connectivity index (χ2v) is 4.89. The maximum absolute atomic E-state index is 11.2. The molecule has 0 radical (unpaired) electrons. The van der Waals surface area contributed by atoms with Crippen molar-refractivity contribution < 1.29 is 14.5 Å². The van der Waals surface area contributed by atoms with Gasteiger partial charge in [0.1, 0.15) is 0 Å². The van der Waals surface area contributed by atoms with E-state index in [2.05, 4.69) is 5.32 Å². The number of thioether (sulfide) groups is 1. The molecule has 0 saturated carbocycles. The molecule has 2 amide bonds. The fourth-order valence-electron chi connectivity index (χ4n) is 1.07. The molecule has 1 saturated heterocycles. The van der Waals surface area contributed by atoms with Crippen LogP contribution in [-0.2, 0) is 4.79 Å². The van der Waals surface area contributed by atoms with E-state index in [1.807, 2.05) is 0 Å². The zero-order valence-electron chi connectivity index (χ0n) is 7.63. The summed E-state index contributed by atoms with van der Waals surface area (Å²) in [5, 5.41) is 12.1. The molecule has 1 aromatic heterocycles. The fraction of sp³-hybridized carbons (Fsp3) is 0. The van der Waals surface area contributed by atoms with E-state index in [-0.39, 0.29) is 9.91 Å². The highest BCUT2D eigenvalue weighted by atomic mass is 32.2. The van der Waals surface area contributed by atoms with Crippen LogP contribution in [0.2, 0.25) is 0 Å². The molecule has 0 atom stereocenters. The Labute approximate surface area is 97.5 Å². The quantitative estimate of drug-likeness (QED) is 0.496. The van der Waals surface area contributed by atoms with Crippen molar-refractivity contribution in [1.29, 1.82) is 0 Å². The molecule has 8 heteroatoms. The summed E-state index contributed by atoms with van der Waals surface area (Å²) in [5.74, 6) is -0.467. The van der Waals surface area contributed by atoms with Gasteiger partial charge in [-0.05, 0) is 23.9 Å². The molecule has 82 valence electrons. The van der Waals surface area contributed by atoms with Gasteiger partial charge in [0.2, 0.25) is 0 Å². The van der Waals surface area contributed by atoms with Crippen LogP contribution >= 0.6 is 23.1 Å². The minimum absolute atomic E-state index is 0.00146. The number of nitro groups is 1. The van der Waals surface area contributed by atoms with Crippen LogP contribution in [0.4, 0.5) is 9.80 Å². The lowest BCUT2D eigenvalue weighted by Crippen LogP contribution is -2.17. The zero-order chi connectivity index (χ0) is 11.7. The van der Waals surface area contributed by atoms with Gasteiger partial charge in [-0.3, -0.25) is 25.0 Å². The average molecular weight is 256 g/mol. The van der Waals surface area contributed by atoms with E-state index >= 15 is 0 Å². The van der Waals surface area contributed by atoms with Crippen LogP contribution in [0.3, 0.4) is 0 Å². The zero-order valence-corrected chi connectivity index (χ0v) is 9.26. The normalized spacial score (nSPS) is 17.9. The van der Waals surface area contributed by atoms with Crippen LogP contribution in [0.25, 0.3) is 6.08 Å². The van der Waals surface area contributed by atoms with Gasteiger partial charge in [-0.2, -0.15) is 0 Å². The Morgan fingerprint density at radius 3 is 2.62 bits per heavy atom. The third kappa shape index (κ3) is 2.12. The molecule has 1 aliphatic heterocycles. The number of imide groups is 1. The van der Waals surface area contributed by atoms with E-state index in [1.54, 1.807) is 0 Å². The smallest absolute Gasteiger partial charge is 0.282 e. The van der Waals surface area contributed by atoms with Gasteiger partial charge in [0.25, 0.3) is 11.1 Å². The number of carbonyl (C=O) groups excluding carboxylic acids is 2. The van der Waals surface area contributed by atoms with Gasteiger partial charge in [-0.25, -0.2) is 0 Å². The predicted octanol–water partition coefficient (Wildman–Crippen LogP) is 1.98. The van der Waals surface area contributed by atoms with Crippen LogP contribution in [0.15, 0.2) is 17.0 Å². The number of thiophene rings is 1. The molecular weight excluding hydrogens is 252 g/mol. The molecule has 1 fully saturated rings. The molecule has 2 heterocycles. The first-order chi connectivity index (χ1) is 7.56. The van der Waals surface area contributed by atoms with Gasteiger partial charge in [-0.1, -0.05) is 11.3 Å². The van der Waals surface area contributed by atoms with Gasteiger partial charge in [0.05, 0.1) is 9.83 Å². The first kappa shape index (κ1) is 10.8. The molecule has 6 nitrogen and oxygen atoms in total. The Kier molecular flexibility index (Phi) is 2.75. The highest BCUT2D eigenvalue weighted by molar-refractivity contribution is 8.18. The summed E-state index contributed by atoms with van der Waals surface area (Å²) in [6, 6.07) is 2.89. The summed E-state index contributed by atoms with van der Waals surface area (Å²) in [6.07, 6.45) is 1.46. The van der Waals surface area contributed by atoms with E-state index < -0.39 is 16.1 Å². The summed E-state index contributed by atoms with van der Waals surface area (Å²) >= 11 is 1.74. The standard InChI is InChI=1S/C8H4N2O4S2/c11-7-5(16-8(12)9-7)3-4-1-2-6(15-4)10(13)14/h1-3H,(H,9,11,12). The molecule has 0 unspecified atom stereocenters. The largest absolute Gasteiger partial charge is 0.324 e. The topological polar surface area (TPSA) is 89.3 Å². The predicted molar refractivity (Wildman–Crippen MR) is 60.1 cm³/mol. The summed E-state index contributed by atoms with van der Waals surface area (Å²) in [7, 11) is 0. The van der Waals surface area contributed by atoms with Crippen molar-refractivity contribution in [2.24, 2.45) is 0 Å². The van der Waals surface area contributed by atoms with Gasteiger partial charge in [0, 0.05) is 10.9 Å². The molecule has 0 bridgehead atoms. The number of hydrogen-bond donors (Lipinski definition) is 1. The maximum atomic E-state index is 11.2. The van der Waals surface area contributed by atoms with E-state index in [0.29, 0.717) is 4.88 Å². The Balaban J connectivity index is 2.26. The Morgan fingerprint density at radius 2 is 2.12 bits per heavy atom. The third-order valence-electron chi connectivity index (χ3n) is 1.71. The van der Waals surface area contributed by atoms with Gasteiger partial charge in [0.15, 0.2) is 0 Å². The Morgan fingerprint density at radius 1 is 1.38 bits per heavy atom. The van der Waals surface area contributed by atoms with Crippen molar-refractivity contribution in [3.8, 4) is 0 Å². The van der Waals surface area contributed by atoms with Crippen molar-refractivity contribution in [1.82, 2.24) is 5.32 Å². The summed E-state index contributed by atoms with van der Waals surface area (Å²) < 4.78 is 0. The summed E-state index contributed by atoms with van der Waals surface area (Å²) in [4.78, 5) is 32.8. The number of rotatable bonds is 2. The van der Waals surface area contributed by atoms with E-state index in [1.165, 1.54) is 18.2 Å². The van der Waals surface area contributed by atoms with E-state index in [9.17, 15) is 19.7 Å². The minimum Gasteiger partial charge on any atom is -0.282 e. The molecule has 2 rings (SSSR count). The molecule has 1 N–H and O–H groups in total. The molecule has 0 spiro atoms. The highest BCUT2D eigenvalue weighted by Crippen LogP contribution is 2.30. The lowest BCUT2D eigenvalue weighted by Gasteiger charge is -1.87. The van der Waals surface area contributed by atoms with E-state index in [4.69, 9.17) is 0 Å². The summed E-state index contributed by atoms with van der Waals surface area (Å²) in [5.41, 5.74) is 0. The number of nitrogens with one attached hydrogen (secondary N) is 1. The molecule has 0 aromatic carbocycles. The SMILES string of the molecule is O=C1NC(=O)C(=Cc2ccc([N+](=O)[O-])s2)S1. The van der Waals surface area contributed by atoms with Crippen LogP contribution in [-0.4, -0.2) is 16.1 Å². The monoisotopic (exact) mass is 256 g/mol. The van der Waals surface area contributed by atoms with Crippen molar-refractivity contribution in [3.63, 3.8) is 0 Å². The fourth-order valence-corrected chi connectivity index (χ4v) is 2.58. The molecule has 1 aromatic rings. The van der Waals surface area contributed by atoms with E-state index in [0.717, 1.165) is 23.1 Å². The Hall–Kier alpha value is -1.67. The third-order valence-corrected chi connectivity index (χ3v) is 3.50. The van der Waals surface area contributed by atoms with Crippen LogP contribution in [0, 0.1) is 10.1 Å². The van der Waals surface area contributed by atoms with Crippen LogP contribution in [0.1, 0.15) is 4.88 Å². The molecule has 16 heavy (non-hydrogen) atoms. The average Bonchev–Trinajstić information content (AvgIpc) is 2.75. The van der Waals surface area contributed by atoms with Crippen molar-refractivity contribution in [2.75, 3.05) is 0 Å². The number of hydrogen-bond acceptors (Lipinski definition) is 6. The maximum Gasteiger partial charge on any atom is 0.324 e. The molecule has 0 aliphatic carbocycles. The van der Waals surface area contributed by atoms with Gasteiger partial charge < -0.3 is 0 Å². The molecule has 1 aliphatic rings. The number of nitrogens with zero attached hydrogens (tertiary/aromatic N) is 1. The lowest BCUT2D eigenvalue weighted by atomic mass is 10.4. The number of carbonyl (C=O) groups is 2. The molecular formula is C8H4N2O4S2. The first-order valence-corrected chi connectivity index (χ1v) is 5.68. The van der Waals surface area contributed by atoms with Gasteiger partial charge >= 0.3 is 5.00 Å². The number of amides is 2. The second kappa shape index (κ2) is 4.06. The second-order valence-electron chi connectivity index (χ2n) is 2.79. The van der Waals surface area contributed by atoms with Crippen molar-refractivity contribution in [2.45, 2.75) is 0 Å². The van der Waals surface area contributed by atoms with Crippen molar-refractivity contribution >= 4 is 45.3 Å².